The minimum absolute atomic E-state index is 0.384. The van der Waals surface area contributed by atoms with E-state index in [1.165, 1.54) is 5.56 Å². The molecule has 1 aliphatic heterocycles. The molecule has 0 amide bonds. The van der Waals surface area contributed by atoms with Gasteiger partial charge in [0.2, 0.25) is 0 Å². The Bertz CT molecular complexity index is 340. The van der Waals surface area contributed by atoms with E-state index in [0.29, 0.717) is 18.5 Å². The van der Waals surface area contributed by atoms with E-state index in [-0.39, 0.29) is 0 Å². The zero-order valence-corrected chi connectivity index (χ0v) is 9.78. The van der Waals surface area contributed by atoms with E-state index < -0.39 is 0 Å². The summed E-state index contributed by atoms with van der Waals surface area (Å²) in [5.74, 6) is 1.60. The molecular formula is C13H20N2O. The van der Waals surface area contributed by atoms with Crippen LogP contribution >= 0.6 is 0 Å². The van der Waals surface area contributed by atoms with Gasteiger partial charge < -0.3 is 15.8 Å². The number of nitrogens with two attached hydrogens (primary N) is 1. The quantitative estimate of drug-likeness (QED) is 0.808. The number of hydrogen-bond donors (Lipinski definition) is 2. The number of para-hydroxylation sites is 1. The van der Waals surface area contributed by atoms with Gasteiger partial charge in [0.1, 0.15) is 5.75 Å². The van der Waals surface area contributed by atoms with E-state index in [4.69, 9.17) is 10.5 Å². The van der Waals surface area contributed by atoms with Gasteiger partial charge in [-0.2, -0.15) is 0 Å². The van der Waals surface area contributed by atoms with E-state index in [0.717, 1.165) is 25.3 Å². The van der Waals surface area contributed by atoms with E-state index >= 15 is 0 Å². The first-order valence-corrected chi connectivity index (χ1v) is 5.96. The Hall–Kier alpha value is -1.06. The van der Waals surface area contributed by atoms with Gasteiger partial charge in [-0.05, 0) is 25.0 Å². The summed E-state index contributed by atoms with van der Waals surface area (Å²) in [5.41, 5.74) is 6.92. The van der Waals surface area contributed by atoms with Crippen molar-refractivity contribution in [1.82, 2.24) is 5.32 Å². The molecule has 0 spiro atoms. The van der Waals surface area contributed by atoms with Crippen molar-refractivity contribution in [3.63, 3.8) is 0 Å². The molecule has 16 heavy (non-hydrogen) atoms. The van der Waals surface area contributed by atoms with Gasteiger partial charge in [-0.3, -0.25) is 0 Å². The van der Waals surface area contributed by atoms with Gasteiger partial charge in [0.15, 0.2) is 0 Å². The van der Waals surface area contributed by atoms with Gasteiger partial charge in [-0.25, -0.2) is 0 Å². The third-order valence-electron chi connectivity index (χ3n) is 3.15. The van der Waals surface area contributed by atoms with Crippen LogP contribution in [0.15, 0.2) is 24.3 Å². The molecule has 0 saturated carbocycles. The molecule has 88 valence electrons. The molecule has 3 N–H and O–H groups in total. The highest BCUT2D eigenvalue weighted by Gasteiger charge is 2.20. The minimum Gasteiger partial charge on any atom is -0.493 e. The molecule has 0 fully saturated rings. The molecule has 0 aliphatic carbocycles. The van der Waals surface area contributed by atoms with Crippen molar-refractivity contribution in [2.24, 2.45) is 5.73 Å². The van der Waals surface area contributed by atoms with Crippen molar-refractivity contribution in [1.29, 1.82) is 0 Å². The molecule has 3 heteroatoms. The molecule has 2 rings (SSSR count). The maximum absolute atomic E-state index is 5.63. The first kappa shape index (κ1) is 11.4. The summed E-state index contributed by atoms with van der Waals surface area (Å²) in [5, 5.41) is 3.46. The van der Waals surface area contributed by atoms with E-state index in [2.05, 4.69) is 24.4 Å². The first-order valence-electron chi connectivity index (χ1n) is 5.96. The lowest BCUT2D eigenvalue weighted by Gasteiger charge is -2.27. The fourth-order valence-electron chi connectivity index (χ4n) is 2.05. The molecule has 0 bridgehead atoms. The van der Waals surface area contributed by atoms with Crippen molar-refractivity contribution < 1.29 is 4.74 Å². The third kappa shape index (κ3) is 2.54. The molecule has 1 unspecified atom stereocenters. The minimum atomic E-state index is 0.384. The van der Waals surface area contributed by atoms with Crippen molar-refractivity contribution in [2.45, 2.75) is 25.3 Å². The second-order valence-electron chi connectivity index (χ2n) is 4.42. The predicted molar refractivity (Wildman–Crippen MR) is 65.8 cm³/mol. The highest BCUT2D eigenvalue weighted by molar-refractivity contribution is 5.37. The fourth-order valence-corrected chi connectivity index (χ4v) is 2.05. The Labute approximate surface area is 97.0 Å². The molecule has 2 atom stereocenters. The van der Waals surface area contributed by atoms with Crippen LogP contribution in [0.2, 0.25) is 0 Å². The monoisotopic (exact) mass is 220 g/mol. The smallest absolute Gasteiger partial charge is 0.122 e. The Morgan fingerprint density at radius 2 is 2.31 bits per heavy atom. The number of ether oxygens (including phenoxy) is 1. The molecule has 0 aromatic heterocycles. The average molecular weight is 220 g/mol. The zero-order chi connectivity index (χ0) is 11.4. The van der Waals surface area contributed by atoms with Crippen LogP contribution in [0.25, 0.3) is 0 Å². The lowest BCUT2D eigenvalue weighted by atomic mass is 9.93. The highest BCUT2D eigenvalue weighted by Crippen LogP contribution is 2.32. The van der Waals surface area contributed by atoms with Gasteiger partial charge >= 0.3 is 0 Å². The molecule has 1 heterocycles. The molecule has 0 radical (unpaired) electrons. The largest absolute Gasteiger partial charge is 0.493 e. The average Bonchev–Trinajstić information content (AvgIpc) is 2.35. The standard InChI is InChI=1S/C13H20N2O/c1-10(8-14)15-9-11-6-7-16-13-5-3-2-4-12(11)13/h2-5,10-11,15H,6-9,14H2,1H3/t10-,11?/m0/s1. The van der Waals surface area contributed by atoms with Gasteiger partial charge in [0.05, 0.1) is 6.61 Å². The lowest BCUT2D eigenvalue weighted by Crippen LogP contribution is -2.36. The topological polar surface area (TPSA) is 47.3 Å². The van der Waals surface area contributed by atoms with Crippen molar-refractivity contribution in [3.8, 4) is 5.75 Å². The predicted octanol–water partition coefficient (Wildman–Crippen LogP) is 1.49. The third-order valence-corrected chi connectivity index (χ3v) is 3.15. The normalized spacial score (nSPS) is 21.0. The van der Waals surface area contributed by atoms with E-state index in [9.17, 15) is 0 Å². The summed E-state index contributed by atoms with van der Waals surface area (Å²) in [4.78, 5) is 0. The van der Waals surface area contributed by atoms with Gasteiger partial charge in [-0.1, -0.05) is 18.2 Å². The number of fused-ring (bicyclic) bond motifs is 1. The number of rotatable bonds is 4. The van der Waals surface area contributed by atoms with E-state index in [1.54, 1.807) is 0 Å². The molecule has 1 aromatic rings. The Morgan fingerprint density at radius 1 is 1.50 bits per heavy atom. The van der Waals surface area contributed by atoms with Gasteiger partial charge in [-0.15, -0.1) is 0 Å². The maximum atomic E-state index is 5.63. The lowest BCUT2D eigenvalue weighted by molar-refractivity contribution is 0.263. The Kier molecular flexibility index (Phi) is 3.80. The van der Waals surface area contributed by atoms with Crippen LogP contribution in [0, 0.1) is 0 Å². The summed E-state index contributed by atoms with van der Waals surface area (Å²) >= 11 is 0. The van der Waals surface area contributed by atoms with Crippen LogP contribution in [-0.2, 0) is 0 Å². The van der Waals surface area contributed by atoms with Crippen LogP contribution in [0.4, 0.5) is 0 Å². The van der Waals surface area contributed by atoms with Crippen molar-refractivity contribution in [3.05, 3.63) is 29.8 Å². The second-order valence-corrected chi connectivity index (χ2v) is 4.42. The molecule has 1 aromatic carbocycles. The fraction of sp³-hybridized carbons (Fsp3) is 0.538. The Morgan fingerprint density at radius 3 is 3.12 bits per heavy atom. The number of hydrogen-bond acceptors (Lipinski definition) is 3. The SMILES string of the molecule is C[C@@H](CN)NCC1CCOc2ccccc21. The summed E-state index contributed by atoms with van der Waals surface area (Å²) in [6, 6.07) is 8.70. The summed E-state index contributed by atoms with van der Waals surface area (Å²) in [6.07, 6.45) is 1.08. The zero-order valence-electron chi connectivity index (χ0n) is 9.78. The summed E-state index contributed by atoms with van der Waals surface area (Å²) in [6.45, 7) is 4.61. The molecule has 0 saturated heterocycles. The summed E-state index contributed by atoms with van der Waals surface area (Å²) in [7, 11) is 0. The molecule has 1 aliphatic rings. The molecular weight excluding hydrogens is 200 g/mol. The van der Waals surface area contributed by atoms with Gasteiger partial charge in [0.25, 0.3) is 0 Å². The van der Waals surface area contributed by atoms with Crippen LogP contribution < -0.4 is 15.8 Å². The first-order chi connectivity index (χ1) is 7.81. The second kappa shape index (κ2) is 5.32. The summed E-state index contributed by atoms with van der Waals surface area (Å²) < 4.78 is 5.63. The van der Waals surface area contributed by atoms with Crippen molar-refractivity contribution >= 4 is 0 Å². The van der Waals surface area contributed by atoms with Crippen LogP contribution in [0.1, 0.15) is 24.8 Å². The Balaban J connectivity index is 2.01. The number of benzene rings is 1. The van der Waals surface area contributed by atoms with Crippen LogP contribution in [-0.4, -0.2) is 25.7 Å². The van der Waals surface area contributed by atoms with Crippen LogP contribution in [0.5, 0.6) is 5.75 Å². The van der Waals surface area contributed by atoms with Crippen molar-refractivity contribution in [2.75, 3.05) is 19.7 Å². The van der Waals surface area contributed by atoms with Gasteiger partial charge in [0, 0.05) is 25.0 Å². The van der Waals surface area contributed by atoms with E-state index in [1.807, 2.05) is 12.1 Å². The number of nitrogens with one attached hydrogen (secondary N) is 1. The molecule has 3 nitrogen and oxygen atoms in total. The maximum Gasteiger partial charge on any atom is 0.122 e. The highest BCUT2D eigenvalue weighted by atomic mass is 16.5. The van der Waals surface area contributed by atoms with Crippen LogP contribution in [0.3, 0.4) is 0 Å².